The van der Waals surface area contributed by atoms with E-state index in [0.29, 0.717) is 6.61 Å². The minimum Gasteiger partial charge on any atom is -0.462 e. The summed E-state index contributed by atoms with van der Waals surface area (Å²) < 4.78 is 41.4. The van der Waals surface area contributed by atoms with Gasteiger partial charge in [-0.2, -0.15) is 8.42 Å². The molecule has 7 nitrogen and oxygen atoms in total. The van der Waals surface area contributed by atoms with Crippen LogP contribution >= 0.6 is 0 Å². The first-order chi connectivity index (χ1) is 15.3. The summed E-state index contributed by atoms with van der Waals surface area (Å²) in [5.41, 5.74) is 0.187. The fraction of sp³-hybridized carbons (Fsp3) is 0.667. The third kappa shape index (κ3) is 11.6. The lowest BCUT2D eigenvalue weighted by Crippen LogP contribution is -2.20. The van der Waals surface area contributed by atoms with Crippen molar-refractivity contribution in [3.8, 4) is 0 Å². The second kappa shape index (κ2) is 15.8. The van der Waals surface area contributed by atoms with Crippen LogP contribution in [0.4, 0.5) is 0 Å². The van der Waals surface area contributed by atoms with Gasteiger partial charge in [0.25, 0.3) is 10.1 Å². The molecule has 0 aromatic heterocycles. The van der Waals surface area contributed by atoms with Crippen molar-refractivity contribution in [2.45, 2.75) is 89.7 Å². The first-order valence-corrected chi connectivity index (χ1v) is 13.2. The number of unbranched alkanes of at least 4 members (excludes halogenated alkanes) is 9. The Morgan fingerprint density at radius 3 is 1.72 bits per heavy atom. The third-order valence-corrected chi connectivity index (χ3v) is 6.62. The van der Waals surface area contributed by atoms with Crippen LogP contribution in [-0.2, 0) is 19.6 Å². The van der Waals surface area contributed by atoms with Gasteiger partial charge in [-0.05, 0) is 25.5 Å². The van der Waals surface area contributed by atoms with Gasteiger partial charge in [-0.25, -0.2) is 9.59 Å². The molecule has 0 heterocycles. The van der Waals surface area contributed by atoms with Crippen LogP contribution in [0.3, 0.4) is 0 Å². The number of rotatable bonds is 17. The standard InChI is InChI=1S/C24H38O7S/c1-3-4-5-6-7-8-9-10-11-14-18-30-23(25)21-15-12-13-16-22(21)24(26)31-19-17-20(2)32(27,28)29/h12-13,15-16,20H,3-11,14,17-19H2,1-2H3,(H,27,28,29). The molecule has 182 valence electrons. The quantitative estimate of drug-likeness (QED) is 0.180. The van der Waals surface area contributed by atoms with Crippen LogP contribution in [0.1, 0.15) is 105 Å². The fourth-order valence-electron chi connectivity index (χ4n) is 3.22. The topological polar surface area (TPSA) is 107 Å². The Bertz CT molecular complexity index is 789. The van der Waals surface area contributed by atoms with Crippen LogP contribution in [0.15, 0.2) is 24.3 Å². The van der Waals surface area contributed by atoms with Crippen molar-refractivity contribution in [1.29, 1.82) is 0 Å². The zero-order valence-electron chi connectivity index (χ0n) is 19.4. The van der Waals surface area contributed by atoms with E-state index in [1.165, 1.54) is 64.0 Å². The average molecular weight is 471 g/mol. The highest BCUT2D eigenvalue weighted by Crippen LogP contribution is 2.14. The van der Waals surface area contributed by atoms with Crippen molar-refractivity contribution in [3.05, 3.63) is 35.4 Å². The Hall–Kier alpha value is -1.93. The zero-order valence-corrected chi connectivity index (χ0v) is 20.2. The summed E-state index contributed by atoms with van der Waals surface area (Å²) in [7, 11) is -4.18. The fourth-order valence-corrected chi connectivity index (χ4v) is 3.61. The molecule has 0 amide bonds. The Morgan fingerprint density at radius 2 is 1.25 bits per heavy atom. The van der Waals surface area contributed by atoms with Crippen molar-refractivity contribution >= 4 is 22.1 Å². The van der Waals surface area contributed by atoms with Gasteiger partial charge < -0.3 is 9.47 Å². The van der Waals surface area contributed by atoms with E-state index in [4.69, 9.17) is 14.0 Å². The lowest BCUT2D eigenvalue weighted by molar-refractivity contribution is 0.0451. The summed E-state index contributed by atoms with van der Waals surface area (Å²) in [5, 5.41) is -1.04. The summed E-state index contributed by atoms with van der Waals surface area (Å²) in [6, 6.07) is 6.20. The first-order valence-electron chi connectivity index (χ1n) is 11.7. The van der Waals surface area contributed by atoms with Gasteiger partial charge in [0.05, 0.1) is 29.6 Å². The Balaban J connectivity index is 2.33. The van der Waals surface area contributed by atoms with Crippen molar-refractivity contribution in [1.82, 2.24) is 0 Å². The number of carbonyl (C=O) groups is 2. The van der Waals surface area contributed by atoms with Crippen LogP contribution in [0.5, 0.6) is 0 Å². The summed E-state index contributed by atoms with van der Waals surface area (Å²) in [5.74, 6) is -1.32. The van der Waals surface area contributed by atoms with Crippen molar-refractivity contribution in [2.75, 3.05) is 13.2 Å². The largest absolute Gasteiger partial charge is 0.462 e. The highest BCUT2D eigenvalue weighted by atomic mass is 32.2. The lowest BCUT2D eigenvalue weighted by atomic mass is 10.1. The van der Waals surface area contributed by atoms with Crippen molar-refractivity contribution in [3.63, 3.8) is 0 Å². The van der Waals surface area contributed by atoms with E-state index in [0.717, 1.165) is 19.3 Å². The maximum absolute atomic E-state index is 12.4. The predicted octanol–water partition coefficient (Wildman–Crippen LogP) is 5.59. The van der Waals surface area contributed by atoms with E-state index < -0.39 is 27.3 Å². The molecule has 0 aliphatic carbocycles. The highest BCUT2D eigenvalue weighted by molar-refractivity contribution is 7.86. The number of benzene rings is 1. The maximum Gasteiger partial charge on any atom is 0.339 e. The van der Waals surface area contributed by atoms with Gasteiger partial charge in [-0.15, -0.1) is 0 Å². The predicted molar refractivity (Wildman–Crippen MR) is 124 cm³/mol. The minimum absolute atomic E-state index is 0.0457. The van der Waals surface area contributed by atoms with Crippen LogP contribution in [0.25, 0.3) is 0 Å². The summed E-state index contributed by atoms with van der Waals surface area (Å²) >= 11 is 0. The van der Waals surface area contributed by atoms with E-state index in [9.17, 15) is 18.0 Å². The van der Waals surface area contributed by atoms with Crippen LogP contribution in [0.2, 0.25) is 0 Å². The number of hydrogen-bond acceptors (Lipinski definition) is 6. The number of carbonyl (C=O) groups excluding carboxylic acids is 2. The second-order valence-corrected chi connectivity index (χ2v) is 9.95. The third-order valence-electron chi connectivity index (χ3n) is 5.36. The molecular weight excluding hydrogens is 432 g/mol. The van der Waals surface area contributed by atoms with Gasteiger partial charge in [-0.1, -0.05) is 76.8 Å². The SMILES string of the molecule is CCCCCCCCCCCCOC(=O)c1ccccc1C(=O)OCCC(C)S(=O)(=O)O. The van der Waals surface area contributed by atoms with E-state index in [1.54, 1.807) is 12.1 Å². The van der Waals surface area contributed by atoms with Crippen molar-refractivity contribution < 1.29 is 32.0 Å². The summed E-state index contributed by atoms with van der Waals surface area (Å²) in [4.78, 5) is 24.7. The molecule has 1 atom stereocenters. The van der Waals surface area contributed by atoms with E-state index in [-0.39, 0.29) is 24.2 Å². The van der Waals surface area contributed by atoms with Crippen LogP contribution in [0, 0.1) is 0 Å². The number of ether oxygens (including phenoxy) is 2. The molecule has 0 saturated heterocycles. The molecule has 1 aromatic rings. The van der Waals surface area contributed by atoms with Crippen LogP contribution in [-0.4, -0.2) is 43.4 Å². The second-order valence-electron chi connectivity index (χ2n) is 8.11. The minimum atomic E-state index is -4.18. The molecule has 1 rings (SSSR count). The Kier molecular flexibility index (Phi) is 13.9. The lowest BCUT2D eigenvalue weighted by Gasteiger charge is -2.11. The number of hydrogen-bond donors (Lipinski definition) is 1. The molecule has 0 bridgehead atoms. The molecule has 0 aliphatic rings. The maximum atomic E-state index is 12.4. The molecule has 0 saturated carbocycles. The Labute approximate surface area is 192 Å². The molecule has 0 fully saturated rings. The molecule has 32 heavy (non-hydrogen) atoms. The number of esters is 2. The molecule has 1 aromatic carbocycles. The summed E-state index contributed by atoms with van der Waals surface area (Å²) in [6.45, 7) is 3.64. The van der Waals surface area contributed by atoms with Gasteiger partial charge in [0.2, 0.25) is 0 Å². The molecule has 0 spiro atoms. The van der Waals surface area contributed by atoms with Gasteiger partial charge >= 0.3 is 11.9 Å². The van der Waals surface area contributed by atoms with Crippen LogP contribution < -0.4 is 0 Å². The normalized spacial score (nSPS) is 12.3. The van der Waals surface area contributed by atoms with E-state index in [2.05, 4.69) is 6.92 Å². The molecule has 0 aliphatic heterocycles. The molecule has 0 radical (unpaired) electrons. The smallest absolute Gasteiger partial charge is 0.339 e. The summed E-state index contributed by atoms with van der Waals surface area (Å²) in [6.07, 6.45) is 11.8. The van der Waals surface area contributed by atoms with Gasteiger partial charge in [0, 0.05) is 6.42 Å². The average Bonchev–Trinajstić information content (AvgIpc) is 2.76. The van der Waals surface area contributed by atoms with E-state index in [1.807, 2.05) is 0 Å². The van der Waals surface area contributed by atoms with Gasteiger partial charge in [0.15, 0.2) is 0 Å². The van der Waals surface area contributed by atoms with E-state index >= 15 is 0 Å². The molecule has 8 heteroatoms. The van der Waals surface area contributed by atoms with Gasteiger partial charge in [-0.3, -0.25) is 4.55 Å². The molecule has 1 unspecified atom stereocenters. The highest BCUT2D eigenvalue weighted by Gasteiger charge is 2.21. The monoisotopic (exact) mass is 470 g/mol. The zero-order chi connectivity index (χ0) is 23.8. The molecule has 1 N–H and O–H groups in total. The van der Waals surface area contributed by atoms with Gasteiger partial charge in [0.1, 0.15) is 0 Å². The molecular formula is C24H38O7S. The van der Waals surface area contributed by atoms with Crippen molar-refractivity contribution in [2.24, 2.45) is 0 Å². The Morgan fingerprint density at radius 1 is 0.812 bits per heavy atom. The first kappa shape index (κ1) is 28.1.